The summed E-state index contributed by atoms with van der Waals surface area (Å²) in [6.07, 6.45) is 2.28. The zero-order valence-corrected chi connectivity index (χ0v) is 16.1. The molecule has 6 nitrogen and oxygen atoms in total. The fraction of sp³-hybridized carbons (Fsp3) is 0.368. The number of hydrogen-bond donors (Lipinski definition) is 1. The molecule has 0 unspecified atom stereocenters. The molecule has 3 rings (SSSR count). The number of nitrogens with zero attached hydrogens (tertiary/aromatic N) is 2. The highest BCUT2D eigenvalue weighted by Crippen LogP contribution is 2.38. The van der Waals surface area contributed by atoms with Crippen molar-refractivity contribution in [2.24, 2.45) is 0 Å². The van der Waals surface area contributed by atoms with Crippen molar-refractivity contribution >= 4 is 22.3 Å². The van der Waals surface area contributed by atoms with E-state index in [2.05, 4.69) is 11.9 Å². The highest BCUT2D eigenvalue weighted by molar-refractivity contribution is 7.17. The summed E-state index contributed by atoms with van der Waals surface area (Å²) in [7, 11) is 3.18. The number of carboxylic acids is 1. The summed E-state index contributed by atoms with van der Waals surface area (Å²) in [5, 5.41) is 9.81. The van der Waals surface area contributed by atoms with Gasteiger partial charge in [-0.3, -0.25) is 4.40 Å². The van der Waals surface area contributed by atoms with E-state index < -0.39 is 5.97 Å². The third-order valence-electron chi connectivity index (χ3n) is 4.29. The van der Waals surface area contributed by atoms with Gasteiger partial charge >= 0.3 is 5.97 Å². The van der Waals surface area contributed by atoms with Crippen LogP contribution < -0.4 is 9.47 Å². The molecule has 26 heavy (non-hydrogen) atoms. The average Bonchev–Trinajstić information content (AvgIpc) is 3.16. The van der Waals surface area contributed by atoms with E-state index in [0.29, 0.717) is 28.6 Å². The second-order valence-electron chi connectivity index (χ2n) is 5.88. The Bertz CT molecular complexity index is 958. The molecule has 0 fully saturated rings. The fourth-order valence-corrected chi connectivity index (χ4v) is 4.25. The summed E-state index contributed by atoms with van der Waals surface area (Å²) >= 11 is 1.54. The number of carboxylic acid groups (broad SMARTS) is 1. The maximum absolute atomic E-state index is 12.0. The lowest BCUT2D eigenvalue weighted by atomic mass is 10.1. The van der Waals surface area contributed by atoms with Crippen LogP contribution in [0.2, 0.25) is 0 Å². The molecule has 0 aliphatic rings. The molecule has 7 heteroatoms. The van der Waals surface area contributed by atoms with Gasteiger partial charge in [0.1, 0.15) is 0 Å². The van der Waals surface area contributed by atoms with Crippen LogP contribution in [-0.2, 0) is 12.8 Å². The Kier molecular flexibility index (Phi) is 5.18. The van der Waals surface area contributed by atoms with Gasteiger partial charge in [-0.15, -0.1) is 11.3 Å². The van der Waals surface area contributed by atoms with Crippen LogP contribution >= 0.6 is 11.3 Å². The second kappa shape index (κ2) is 7.37. The third kappa shape index (κ3) is 2.92. The Morgan fingerprint density at radius 2 is 1.96 bits per heavy atom. The number of aromatic nitrogens is 2. The van der Waals surface area contributed by atoms with Gasteiger partial charge < -0.3 is 14.6 Å². The van der Waals surface area contributed by atoms with E-state index >= 15 is 0 Å². The molecule has 0 aliphatic carbocycles. The normalized spacial score (nSPS) is 11.1. The molecule has 2 aromatic heterocycles. The lowest BCUT2D eigenvalue weighted by Crippen LogP contribution is -2.07. The van der Waals surface area contributed by atoms with Crippen molar-refractivity contribution < 1.29 is 19.4 Å². The number of carbonyl (C=O) groups is 1. The van der Waals surface area contributed by atoms with E-state index in [1.807, 2.05) is 25.1 Å². The maximum atomic E-state index is 12.0. The minimum absolute atomic E-state index is 0.252. The van der Waals surface area contributed by atoms with Crippen LogP contribution in [0, 0.1) is 0 Å². The van der Waals surface area contributed by atoms with Crippen molar-refractivity contribution in [3.63, 3.8) is 0 Å². The molecule has 0 bridgehead atoms. The molecular weight excluding hydrogens is 352 g/mol. The van der Waals surface area contributed by atoms with Gasteiger partial charge in [-0.25, -0.2) is 9.78 Å². The first-order valence-electron chi connectivity index (χ1n) is 8.54. The lowest BCUT2D eigenvalue weighted by Gasteiger charge is -2.11. The van der Waals surface area contributed by atoms with E-state index in [1.165, 1.54) is 11.3 Å². The first kappa shape index (κ1) is 18.3. The zero-order chi connectivity index (χ0) is 18.8. The largest absolute Gasteiger partial charge is 0.493 e. The summed E-state index contributed by atoms with van der Waals surface area (Å²) in [6.45, 7) is 4.08. The molecule has 0 spiro atoms. The average molecular weight is 374 g/mol. The van der Waals surface area contributed by atoms with Gasteiger partial charge in [0.05, 0.1) is 25.6 Å². The van der Waals surface area contributed by atoms with Crippen molar-refractivity contribution in [1.82, 2.24) is 9.38 Å². The Morgan fingerprint density at radius 1 is 1.23 bits per heavy atom. The van der Waals surface area contributed by atoms with E-state index in [4.69, 9.17) is 9.47 Å². The second-order valence-corrected chi connectivity index (χ2v) is 6.94. The maximum Gasteiger partial charge on any atom is 0.354 e. The third-order valence-corrected chi connectivity index (χ3v) is 5.47. The standard InChI is InChI=1S/C19H22N2O4S/c1-5-7-12-17(18(22)23)21-16(15(6-2)26-19(21)20-12)11-8-9-13(24-3)14(10-11)25-4/h8-10H,5-7H2,1-4H3,(H,22,23). The highest BCUT2D eigenvalue weighted by atomic mass is 32.1. The molecule has 3 aromatic rings. The van der Waals surface area contributed by atoms with Gasteiger partial charge in [0.2, 0.25) is 0 Å². The van der Waals surface area contributed by atoms with Gasteiger partial charge in [-0.2, -0.15) is 0 Å². The Labute approximate surface area is 156 Å². The molecule has 0 saturated carbocycles. The quantitative estimate of drug-likeness (QED) is 0.668. The van der Waals surface area contributed by atoms with Crippen LogP contribution in [0.5, 0.6) is 11.5 Å². The SMILES string of the molecule is CCCc1nc2sc(CC)c(-c3ccc(OC)c(OC)c3)n2c1C(=O)O. The van der Waals surface area contributed by atoms with Crippen LogP contribution in [0.1, 0.15) is 41.3 Å². The molecular formula is C19H22N2O4S. The molecule has 0 saturated heterocycles. The molecule has 2 heterocycles. The molecule has 0 amide bonds. The van der Waals surface area contributed by atoms with E-state index in [0.717, 1.165) is 29.0 Å². The van der Waals surface area contributed by atoms with Gasteiger partial charge in [0, 0.05) is 10.4 Å². The van der Waals surface area contributed by atoms with Crippen molar-refractivity contribution in [3.05, 3.63) is 34.5 Å². The van der Waals surface area contributed by atoms with Gasteiger partial charge in [-0.1, -0.05) is 20.3 Å². The summed E-state index contributed by atoms with van der Waals surface area (Å²) in [4.78, 5) is 18.4. The Hall–Kier alpha value is -2.54. The van der Waals surface area contributed by atoms with Gasteiger partial charge in [0.15, 0.2) is 22.2 Å². The van der Waals surface area contributed by atoms with E-state index in [9.17, 15) is 9.90 Å². The summed E-state index contributed by atoms with van der Waals surface area (Å²) in [6, 6.07) is 5.64. The monoisotopic (exact) mass is 374 g/mol. The number of thiazole rings is 1. The van der Waals surface area contributed by atoms with E-state index in [-0.39, 0.29) is 5.69 Å². The highest BCUT2D eigenvalue weighted by Gasteiger charge is 2.25. The summed E-state index contributed by atoms with van der Waals surface area (Å²) in [5.74, 6) is 0.289. The van der Waals surface area contributed by atoms with Crippen molar-refractivity contribution in [1.29, 1.82) is 0 Å². The first-order chi connectivity index (χ1) is 12.5. The Morgan fingerprint density at radius 3 is 2.54 bits per heavy atom. The Balaban J connectivity index is 2.32. The number of benzene rings is 1. The number of rotatable bonds is 7. The first-order valence-corrected chi connectivity index (χ1v) is 9.35. The molecule has 1 aromatic carbocycles. The van der Waals surface area contributed by atoms with Crippen LogP contribution in [0.15, 0.2) is 18.2 Å². The zero-order valence-electron chi connectivity index (χ0n) is 15.3. The van der Waals surface area contributed by atoms with E-state index in [1.54, 1.807) is 18.6 Å². The summed E-state index contributed by atoms with van der Waals surface area (Å²) < 4.78 is 12.5. The van der Waals surface area contributed by atoms with Crippen molar-refractivity contribution in [2.45, 2.75) is 33.1 Å². The number of aryl methyl sites for hydroxylation is 2. The molecule has 138 valence electrons. The number of aromatic carboxylic acids is 1. The van der Waals surface area contributed by atoms with Crippen molar-refractivity contribution in [3.8, 4) is 22.8 Å². The fourth-order valence-electron chi connectivity index (χ4n) is 3.15. The lowest BCUT2D eigenvalue weighted by molar-refractivity contribution is 0.0688. The minimum Gasteiger partial charge on any atom is -0.493 e. The number of ether oxygens (including phenoxy) is 2. The van der Waals surface area contributed by atoms with Crippen LogP contribution in [0.3, 0.4) is 0 Å². The number of hydrogen-bond acceptors (Lipinski definition) is 5. The predicted molar refractivity (Wildman–Crippen MR) is 102 cm³/mol. The number of methoxy groups -OCH3 is 2. The molecule has 0 atom stereocenters. The summed E-state index contributed by atoms with van der Waals surface area (Å²) in [5.41, 5.74) is 2.63. The minimum atomic E-state index is -0.955. The molecule has 0 radical (unpaired) electrons. The topological polar surface area (TPSA) is 73.1 Å². The molecule has 1 N–H and O–H groups in total. The molecule has 0 aliphatic heterocycles. The number of fused-ring (bicyclic) bond motifs is 1. The van der Waals surface area contributed by atoms with Crippen molar-refractivity contribution in [2.75, 3.05) is 14.2 Å². The van der Waals surface area contributed by atoms with Crippen LogP contribution in [0.4, 0.5) is 0 Å². The number of imidazole rings is 1. The van der Waals surface area contributed by atoms with Crippen LogP contribution in [-0.4, -0.2) is 34.7 Å². The predicted octanol–water partition coefficient (Wildman–Crippen LogP) is 4.29. The van der Waals surface area contributed by atoms with Crippen LogP contribution in [0.25, 0.3) is 16.2 Å². The van der Waals surface area contributed by atoms with Gasteiger partial charge in [-0.05, 0) is 31.0 Å². The van der Waals surface area contributed by atoms with Gasteiger partial charge in [0.25, 0.3) is 0 Å². The smallest absolute Gasteiger partial charge is 0.354 e.